The predicted octanol–water partition coefficient (Wildman–Crippen LogP) is 3.97. The summed E-state index contributed by atoms with van der Waals surface area (Å²) in [6, 6.07) is 3.99. The molecule has 114 valence electrons. The first-order valence-corrected chi connectivity index (χ1v) is 8.42. The zero-order valence-corrected chi connectivity index (χ0v) is 13.5. The van der Waals surface area contributed by atoms with E-state index in [2.05, 4.69) is 24.1 Å². The smallest absolute Gasteiger partial charge is 0.263 e. The monoisotopic (exact) mass is 305 g/mol. The van der Waals surface area contributed by atoms with Crippen molar-refractivity contribution in [3.05, 3.63) is 23.2 Å². The van der Waals surface area contributed by atoms with Crippen molar-refractivity contribution in [3.8, 4) is 0 Å². The van der Waals surface area contributed by atoms with E-state index in [0.717, 1.165) is 42.3 Å². The Hall–Kier alpha value is -1.62. The van der Waals surface area contributed by atoms with Crippen LogP contribution in [0.5, 0.6) is 0 Å². The number of nitrogen functional groups attached to an aromatic ring is 1. The number of aromatic nitrogens is 1. The number of hydrogen-bond donors (Lipinski definition) is 2. The van der Waals surface area contributed by atoms with Crippen molar-refractivity contribution in [2.75, 3.05) is 5.73 Å². The Morgan fingerprint density at radius 2 is 2.19 bits per heavy atom. The number of nitrogens with two attached hydrogens (primary N) is 1. The molecule has 0 aromatic carbocycles. The molecule has 0 saturated heterocycles. The molecule has 2 rings (SSSR count). The number of nitrogens with one attached hydrogen (secondary N) is 1. The maximum atomic E-state index is 12.5. The highest BCUT2D eigenvalue weighted by Gasteiger charge is 2.19. The quantitative estimate of drug-likeness (QED) is 0.813. The fraction of sp³-hybridized carbons (Fsp3) is 0.500. The first-order chi connectivity index (χ1) is 10.2. The van der Waals surface area contributed by atoms with Gasteiger partial charge in [0.1, 0.15) is 9.71 Å². The summed E-state index contributed by atoms with van der Waals surface area (Å²) in [7, 11) is 0. The van der Waals surface area contributed by atoms with Gasteiger partial charge in [0, 0.05) is 17.6 Å². The number of unbranched alkanes of at least 4 members (excludes halogenated alkanes) is 1. The zero-order valence-electron chi connectivity index (χ0n) is 12.7. The Balaban J connectivity index is 2.15. The molecule has 3 N–H and O–H groups in total. The minimum absolute atomic E-state index is 0.0648. The average molecular weight is 305 g/mol. The van der Waals surface area contributed by atoms with E-state index in [9.17, 15) is 4.79 Å². The molecule has 1 amide bonds. The molecule has 0 aliphatic rings. The Bertz CT molecular complexity index is 609. The fourth-order valence-electron chi connectivity index (χ4n) is 2.46. The number of carbonyl (C=O) groups excluding carboxylic acids is 1. The summed E-state index contributed by atoms with van der Waals surface area (Å²) in [5.74, 6) is -0.0648. The van der Waals surface area contributed by atoms with E-state index in [1.165, 1.54) is 11.3 Å². The van der Waals surface area contributed by atoms with Crippen LogP contribution >= 0.6 is 11.3 Å². The van der Waals surface area contributed by atoms with Gasteiger partial charge >= 0.3 is 0 Å². The van der Waals surface area contributed by atoms with Crippen molar-refractivity contribution in [2.24, 2.45) is 0 Å². The van der Waals surface area contributed by atoms with Crippen molar-refractivity contribution >= 4 is 33.1 Å². The lowest BCUT2D eigenvalue weighted by molar-refractivity contribution is 0.0937. The molecule has 0 fully saturated rings. The predicted molar refractivity (Wildman–Crippen MR) is 89.7 cm³/mol. The van der Waals surface area contributed by atoms with Crippen LogP contribution < -0.4 is 11.1 Å². The summed E-state index contributed by atoms with van der Waals surface area (Å²) in [5.41, 5.74) is 6.65. The molecule has 0 bridgehead atoms. The van der Waals surface area contributed by atoms with Gasteiger partial charge in [0.05, 0.1) is 5.69 Å². The van der Waals surface area contributed by atoms with Gasteiger partial charge in [-0.15, -0.1) is 11.3 Å². The highest BCUT2D eigenvalue weighted by atomic mass is 32.1. The van der Waals surface area contributed by atoms with Gasteiger partial charge in [-0.2, -0.15) is 0 Å². The van der Waals surface area contributed by atoms with Crippen LogP contribution in [0.1, 0.15) is 55.6 Å². The van der Waals surface area contributed by atoms with Gasteiger partial charge in [-0.3, -0.25) is 4.79 Å². The van der Waals surface area contributed by atoms with Crippen molar-refractivity contribution < 1.29 is 4.79 Å². The highest BCUT2D eigenvalue weighted by molar-refractivity contribution is 7.21. The number of thiophene rings is 1. The van der Waals surface area contributed by atoms with Gasteiger partial charge in [0.15, 0.2) is 0 Å². The SMILES string of the molecule is CCCCC(CCC)NC(=O)c1sc2ncccc2c1N. The van der Waals surface area contributed by atoms with E-state index in [4.69, 9.17) is 5.73 Å². The van der Waals surface area contributed by atoms with Gasteiger partial charge < -0.3 is 11.1 Å². The van der Waals surface area contributed by atoms with Gasteiger partial charge in [0.25, 0.3) is 5.91 Å². The lowest BCUT2D eigenvalue weighted by Gasteiger charge is -2.17. The molecule has 2 aromatic heterocycles. The van der Waals surface area contributed by atoms with Gasteiger partial charge in [-0.05, 0) is 25.0 Å². The molecule has 2 aromatic rings. The number of carbonyl (C=O) groups is 1. The van der Waals surface area contributed by atoms with E-state index in [1.54, 1.807) is 6.20 Å². The lowest BCUT2D eigenvalue weighted by Crippen LogP contribution is -2.34. The summed E-state index contributed by atoms with van der Waals surface area (Å²) in [6.07, 6.45) is 7.10. The second-order valence-corrected chi connectivity index (χ2v) is 6.30. The summed E-state index contributed by atoms with van der Waals surface area (Å²) in [5, 5.41) is 4.00. The molecule has 1 atom stereocenters. The Morgan fingerprint density at radius 3 is 2.86 bits per heavy atom. The Kier molecular flexibility index (Phi) is 5.56. The topological polar surface area (TPSA) is 68.0 Å². The molecule has 4 nitrogen and oxygen atoms in total. The second kappa shape index (κ2) is 7.41. The second-order valence-electron chi connectivity index (χ2n) is 5.30. The molecule has 0 spiro atoms. The number of nitrogens with zero attached hydrogens (tertiary/aromatic N) is 1. The standard InChI is InChI=1S/C16H23N3OS/c1-3-5-8-11(7-4-2)19-15(20)14-13(17)12-9-6-10-18-16(12)21-14/h6,9-11H,3-5,7-8,17H2,1-2H3,(H,19,20). The van der Waals surface area contributed by atoms with Crippen LogP contribution in [0, 0.1) is 0 Å². The van der Waals surface area contributed by atoms with Crippen molar-refractivity contribution in [2.45, 2.75) is 52.0 Å². The summed E-state index contributed by atoms with van der Waals surface area (Å²) in [6.45, 7) is 4.31. The number of fused-ring (bicyclic) bond motifs is 1. The Morgan fingerprint density at radius 1 is 1.38 bits per heavy atom. The van der Waals surface area contributed by atoms with E-state index < -0.39 is 0 Å². The van der Waals surface area contributed by atoms with E-state index in [1.807, 2.05) is 12.1 Å². The minimum Gasteiger partial charge on any atom is -0.397 e. The first-order valence-electron chi connectivity index (χ1n) is 7.61. The maximum Gasteiger partial charge on any atom is 0.263 e. The largest absolute Gasteiger partial charge is 0.397 e. The molecule has 2 heterocycles. The maximum absolute atomic E-state index is 12.5. The average Bonchev–Trinajstić information content (AvgIpc) is 2.83. The lowest BCUT2D eigenvalue weighted by atomic mass is 10.1. The van der Waals surface area contributed by atoms with Crippen LogP contribution in [0.25, 0.3) is 10.2 Å². The molecule has 0 aliphatic carbocycles. The third kappa shape index (κ3) is 3.73. The molecule has 0 radical (unpaired) electrons. The van der Waals surface area contributed by atoms with Crippen molar-refractivity contribution in [3.63, 3.8) is 0 Å². The summed E-state index contributed by atoms with van der Waals surface area (Å²) < 4.78 is 0. The fourth-order valence-corrected chi connectivity index (χ4v) is 3.42. The van der Waals surface area contributed by atoms with Crippen LogP contribution in [0.3, 0.4) is 0 Å². The van der Waals surface area contributed by atoms with E-state index >= 15 is 0 Å². The first kappa shape index (κ1) is 15.8. The molecule has 21 heavy (non-hydrogen) atoms. The zero-order chi connectivity index (χ0) is 15.2. The van der Waals surface area contributed by atoms with Crippen LogP contribution in [-0.4, -0.2) is 16.9 Å². The normalized spacial score (nSPS) is 12.5. The number of amides is 1. The summed E-state index contributed by atoms with van der Waals surface area (Å²) >= 11 is 1.37. The molecule has 0 saturated carbocycles. The molecular weight excluding hydrogens is 282 g/mol. The van der Waals surface area contributed by atoms with E-state index in [0.29, 0.717) is 10.6 Å². The van der Waals surface area contributed by atoms with Crippen molar-refractivity contribution in [1.29, 1.82) is 0 Å². The van der Waals surface area contributed by atoms with Crippen molar-refractivity contribution in [1.82, 2.24) is 10.3 Å². The number of rotatable bonds is 7. The molecule has 1 unspecified atom stereocenters. The van der Waals surface area contributed by atoms with Crippen LogP contribution in [0.2, 0.25) is 0 Å². The number of pyridine rings is 1. The van der Waals surface area contributed by atoms with Crippen LogP contribution in [-0.2, 0) is 0 Å². The van der Waals surface area contributed by atoms with Gasteiger partial charge in [-0.1, -0.05) is 33.1 Å². The molecule has 0 aliphatic heterocycles. The summed E-state index contributed by atoms with van der Waals surface area (Å²) in [4.78, 5) is 18.1. The molecule has 5 heteroatoms. The number of anilines is 1. The number of hydrogen-bond acceptors (Lipinski definition) is 4. The third-order valence-electron chi connectivity index (χ3n) is 3.59. The Labute approximate surface area is 129 Å². The highest BCUT2D eigenvalue weighted by Crippen LogP contribution is 2.31. The van der Waals surface area contributed by atoms with E-state index in [-0.39, 0.29) is 11.9 Å². The molecular formula is C16H23N3OS. The van der Waals surface area contributed by atoms with Gasteiger partial charge in [0.2, 0.25) is 0 Å². The minimum atomic E-state index is -0.0648. The van der Waals surface area contributed by atoms with Gasteiger partial charge in [-0.25, -0.2) is 4.98 Å². The van der Waals surface area contributed by atoms with Crippen LogP contribution in [0.4, 0.5) is 5.69 Å². The van der Waals surface area contributed by atoms with Crippen LogP contribution in [0.15, 0.2) is 18.3 Å². The third-order valence-corrected chi connectivity index (χ3v) is 4.72.